The topological polar surface area (TPSA) is 332 Å². The van der Waals surface area contributed by atoms with E-state index in [2.05, 4.69) is 31.9 Å². The van der Waals surface area contributed by atoms with Crippen molar-refractivity contribution in [3.05, 3.63) is 97.6 Å². The zero-order valence-electron chi connectivity index (χ0n) is 45.3. The monoisotopic (exact) mass is 1110 g/mol. The number of carbonyl (C=O) groups is 8. The Balaban J connectivity index is 0.782. The predicted molar refractivity (Wildman–Crippen MR) is 286 cm³/mol. The van der Waals surface area contributed by atoms with Crippen molar-refractivity contribution in [2.24, 2.45) is 11.7 Å². The highest BCUT2D eigenvalue weighted by Crippen LogP contribution is 2.46. The number of cyclic esters (lactones) is 1. The van der Waals surface area contributed by atoms with Crippen molar-refractivity contribution in [2.45, 2.75) is 135 Å². The van der Waals surface area contributed by atoms with E-state index in [-0.39, 0.29) is 61.8 Å². The predicted octanol–water partition coefficient (Wildman–Crippen LogP) is 0.652. The molecule has 0 saturated carbocycles. The minimum absolute atomic E-state index is 0.0365. The Kier molecular flexibility index (Phi) is 18.1. The number of benzene rings is 2. The summed E-state index contributed by atoms with van der Waals surface area (Å²) in [4.78, 5) is 124. The average molecular weight is 1110 g/mol. The number of fused-ring (bicyclic) bond motifs is 5. The number of pyridine rings is 2. The molecule has 0 bridgehead atoms. The summed E-state index contributed by atoms with van der Waals surface area (Å²) in [6.07, 6.45) is 2.47. The highest BCUT2D eigenvalue weighted by Gasteiger charge is 2.47. The number of nitrogens with two attached hydrogens (primary N) is 1. The lowest BCUT2D eigenvalue weighted by Crippen LogP contribution is -2.52. The average Bonchev–Trinajstić information content (AvgIpc) is 4.17. The number of likely N-dealkylation sites (tertiary alicyclic amines) is 1. The first-order valence-electron chi connectivity index (χ1n) is 27.0. The van der Waals surface area contributed by atoms with Gasteiger partial charge in [-0.1, -0.05) is 50.6 Å². The lowest BCUT2D eigenvalue weighted by molar-refractivity contribution is -0.172. The van der Waals surface area contributed by atoms with Crippen LogP contribution in [0.25, 0.3) is 22.3 Å². The number of ether oxygens (including phenoxy) is 2. The Hall–Kier alpha value is -7.67. The van der Waals surface area contributed by atoms with E-state index in [0.29, 0.717) is 89.6 Å². The Morgan fingerprint density at radius 3 is 2.38 bits per heavy atom. The van der Waals surface area contributed by atoms with E-state index in [4.69, 9.17) is 20.2 Å². The van der Waals surface area contributed by atoms with Crippen molar-refractivity contribution in [1.29, 1.82) is 0 Å². The number of aliphatic hydroxyl groups is 2. The summed E-state index contributed by atoms with van der Waals surface area (Å²) in [6, 6.07) is 9.85. The maximum absolute atomic E-state index is 15.4. The number of esters is 1. The highest BCUT2D eigenvalue weighted by atomic mass is 19.1. The van der Waals surface area contributed by atoms with Gasteiger partial charge in [0.15, 0.2) is 5.60 Å². The number of nitrogens with one attached hydrogen (secondary N) is 6. The van der Waals surface area contributed by atoms with Crippen molar-refractivity contribution >= 4 is 58.2 Å². The Morgan fingerprint density at radius 2 is 1.64 bits per heavy atom. The molecule has 1 saturated heterocycles. The molecule has 0 radical (unpaired) electrons. The molecule has 428 valence electrons. The molecule has 4 aliphatic rings. The third kappa shape index (κ3) is 12.5. The Labute approximate surface area is 460 Å². The van der Waals surface area contributed by atoms with Crippen LogP contribution in [-0.4, -0.2) is 129 Å². The lowest BCUT2D eigenvalue weighted by atomic mass is 9.81. The smallest absolute Gasteiger partial charge is 0.343 e. The van der Waals surface area contributed by atoms with E-state index in [1.54, 1.807) is 57.2 Å². The van der Waals surface area contributed by atoms with E-state index in [9.17, 15) is 53.4 Å². The SMILES string of the molecule is CCC(C)(N)C1CC(O)N(CCCCCC(=O)NCC(=O)NCC(=O)N[C@@H](Cc2ccccc2)C(=O)NCC(=O)NCOCC(=O)N[C@H]2CCc3c(C)c(F)cc4nc5c(c2c34)Cn2c-5cc3c(c2=O)COC(=O)[C@]3(O)CC)C1=O. The number of halogens is 1. The van der Waals surface area contributed by atoms with Crippen molar-refractivity contribution in [3.63, 3.8) is 0 Å². The molecule has 7 amide bonds. The summed E-state index contributed by atoms with van der Waals surface area (Å²) >= 11 is 0. The molecule has 2 aromatic heterocycles. The molecule has 3 unspecified atom stereocenters. The normalized spacial score (nSPS) is 19.9. The van der Waals surface area contributed by atoms with Crippen molar-refractivity contribution in [1.82, 2.24) is 46.4 Å². The van der Waals surface area contributed by atoms with Crippen LogP contribution in [0.1, 0.15) is 117 Å². The summed E-state index contributed by atoms with van der Waals surface area (Å²) < 4.78 is 27.6. The maximum Gasteiger partial charge on any atom is 0.343 e. The third-order valence-corrected chi connectivity index (χ3v) is 15.8. The second kappa shape index (κ2) is 24.8. The maximum atomic E-state index is 15.4. The first kappa shape index (κ1) is 58.5. The number of rotatable bonds is 24. The van der Waals surface area contributed by atoms with Crippen LogP contribution in [0.15, 0.2) is 47.3 Å². The number of unbranched alkanes of at least 4 members (excludes halogenated alkanes) is 2. The van der Waals surface area contributed by atoms with E-state index in [0.717, 1.165) is 5.56 Å². The highest BCUT2D eigenvalue weighted by molar-refractivity contribution is 5.95. The Bertz CT molecular complexity index is 3170. The summed E-state index contributed by atoms with van der Waals surface area (Å²) in [5, 5.41) is 37.9. The number of hydrogen-bond donors (Lipinski definition) is 9. The summed E-state index contributed by atoms with van der Waals surface area (Å²) in [5.74, 6) is -5.66. The molecule has 6 atom stereocenters. The number of aryl methyl sites for hydroxylation is 1. The van der Waals surface area contributed by atoms with E-state index < -0.39 is 115 Å². The number of aromatic nitrogens is 2. The third-order valence-electron chi connectivity index (χ3n) is 15.8. The lowest BCUT2D eigenvalue weighted by Gasteiger charge is -2.31. The second-order valence-corrected chi connectivity index (χ2v) is 21.1. The van der Waals surface area contributed by atoms with Crippen LogP contribution in [0.5, 0.6) is 0 Å². The van der Waals surface area contributed by atoms with Gasteiger partial charge in [-0.2, -0.15) is 0 Å². The van der Waals surface area contributed by atoms with Crippen LogP contribution < -0.4 is 43.2 Å². The molecule has 5 heterocycles. The molecule has 8 rings (SSSR count). The first-order chi connectivity index (χ1) is 38.1. The number of amides is 7. The van der Waals surface area contributed by atoms with Gasteiger partial charge in [0.05, 0.1) is 60.6 Å². The van der Waals surface area contributed by atoms with Gasteiger partial charge in [0.25, 0.3) is 5.56 Å². The van der Waals surface area contributed by atoms with Gasteiger partial charge in [-0.05, 0) is 80.7 Å². The molecule has 80 heavy (non-hydrogen) atoms. The molecule has 3 aliphatic heterocycles. The number of aliphatic hydroxyl groups excluding tert-OH is 1. The van der Waals surface area contributed by atoms with Crippen LogP contribution in [0.2, 0.25) is 0 Å². The summed E-state index contributed by atoms with van der Waals surface area (Å²) in [6.45, 7) is 4.68. The summed E-state index contributed by atoms with van der Waals surface area (Å²) in [5.41, 5.74) is 7.41. The van der Waals surface area contributed by atoms with Gasteiger partial charge in [-0.3, -0.25) is 38.4 Å². The molecule has 2 aromatic carbocycles. The largest absolute Gasteiger partial charge is 0.458 e. The molecule has 0 spiro atoms. The number of hydrogen-bond acceptors (Lipinski definition) is 15. The summed E-state index contributed by atoms with van der Waals surface area (Å²) in [7, 11) is 0. The van der Waals surface area contributed by atoms with Crippen molar-refractivity contribution < 1.29 is 62.4 Å². The number of nitrogens with zero attached hydrogens (tertiary/aromatic N) is 3. The van der Waals surface area contributed by atoms with Gasteiger partial charge >= 0.3 is 5.97 Å². The second-order valence-electron chi connectivity index (χ2n) is 21.1. The fourth-order valence-corrected chi connectivity index (χ4v) is 11.0. The van der Waals surface area contributed by atoms with Gasteiger partial charge in [0, 0.05) is 53.9 Å². The van der Waals surface area contributed by atoms with E-state index in [1.165, 1.54) is 15.5 Å². The van der Waals surface area contributed by atoms with Crippen molar-refractivity contribution in [3.8, 4) is 11.4 Å². The number of carbonyl (C=O) groups excluding carboxylic acids is 8. The minimum atomic E-state index is -2.05. The van der Waals surface area contributed by atoms with Gasteiger partial charge < -0.3 is 66.8 Å². The van der Waals surface area contributed by atoms with Crippen molar-refractivity contribution in [2.75, 3.05) is 39.5 Å². The molecule has 23 nitrogen and oxygen atoms in total. The molecule has 1 fully saturated rings. The zero-order valence-corrected chi connectivity index (χ0v) is 45.3. The van der Waals surface area contributed by atoms with Crippen LogP contribution in [-0.2, 0) is 79.4 Å². The van der Waals surface area contributed by atoms with Gasteiger partial charge in [-0.15, -0.1) is 0 Å². The fourth-order valence-electron chi connectivity index (χ4n) is 11.0. The van der Waals surface area contributed by atoms with Gasteiger partial charge in [0.1, 0.15) is 38.0 Å². The molecule has 10 N–H and O–H groups in total. The van der Waals surface area contributed by atoms with Gasteiger partial charge in [-0.25, -0.2) is 14.2 Å². The standard InChI is InChI=1S/C56H69FN10O13/c1-5-55(4,58)36-21-47(73)66(53(36)76)18-12-8-11-15-42(68)59-23-43(69)60-25-45(71)64-40(19-31-13-9-7-10-14-31)51(74)61-24-44(70)62-29-79-28-46(72)63-38-17-16-32-30(3)37(57)22-39-48(32)49(38)33-26-67-41(50(33)65-39)20-35-34(52(67)75)27-80-54(77)56(35,78)6-2/h7,9-10,13-14,20,22,36,38,40,47,73,78H,5-6,8,11-12,15-19,21,23-29,58H2,1-4H3,(H,59,68)(H,60,69)(H,61,74)(H,62,70)(H,63,72)(H,64,71)/t36?,38-,40-,47?,55?,56-/m0/s1. The van der Waals surface area contributed by atoms with Crippen LogP contribution in [0, 0.1) is 18.7 Å². The quantitative estimate of drug-likeness (QED) is 0.0233. The van der Waals surface area contributed by atoms with Crippen LogP contribution in [0.3, 0.4) is 0 Å². The zero-order chi connectivity index (χ0) is 57.6. The molecular formula is C56H69FN10O13. The molecule has 4 aromatic rings. The minimum Gasteiger partial charge on any atom is -0.458 e. The van der Waals surface area contributed by atoms with Crippen LogP contribution >= 0.6 is 0 Å². The van der Waals surface area contributed by atoms with E-state index in [1.807, 2.05) is 6.92 Å². The van der Waals surface area contributed by atoms with Crippen LogP contribution in [0.4, 0.5) is 4.39 Å². The molecular weight excluding hydrogens is 1040 g/mol. The van der Waals surface area contributed by atoms with Gasteiger partial charge in [0.2, 0.25) is 41.4 Å². The first-order valence-corrected chi connectivity index (χ1v) is 27.0. The van der Waals surface area contributed by atoms with E-state index >= 15 is 4.39 Å². The Morgan fingerprint density at radius 1 is 0.925 bits per heavy atom. The molecule has 24 heteroatoms. The molecule has 1 aliphatic carbocycles. The fraction of sp³-hybridized carbons (Fsp3) is 0.500.